The van der Waals surface area contributed by atoms with Crippen LogP contribution in [0.15, 0.2) is 27.0 Å². The third kappa shape index (κ3) is 5.37. The van der Waals surface area contributed by atoms with Gasteiger partial charge in [-0.25, -0.2) is 14.9 Å². The molecular weight excluding hydrogens is 558 g/mol. The number of oxime groups is 1. The molecule has 2 fully saturated rings. The molecule has 3 amide bonds. The molecule has 18 heteroatoms. The number of carbonyl (C=O) groups excluding carboxylic acids is 3. The van der Waals surface area contributed by atoms with Gasteiger partial charge in [0.05, 0.1) is 0 Å². The van der Waals surface area contributed by atoms with Crippen LogP contribution in [0, 0.1) is 0 Å². The molecule has 2 aromatic rings. The predicted octanol–water partition coefficient (Wildman–Crippen LogP) is 0.419. The van der Waals surface area contributed by atoms with E-state index < -0.39 is 29.2 Å². The van der Waals surface area contributed by atoms with Gasteiger partial charge in [-0.3, -0.25) is 19.3 Å². The number of fused-ring (bicyclic) bond motifs is 1. The van der Waals surface area contributed by atoms with Gasteiger partial charge in [0.15, 0.2) is 10.8 Å². The first-order chi connectivity index (χ1) is 18.5. The lowest BCUT2D eigenvalue weighted by Gasteiger charge is -2.49. The second-order valence-corrected chi connectivity index (χ2v) is 11.3. The molecule has 3 aliphatic rings. The Morgan fingerprint density at radius 3 is 2.89 bits per heavy atom. The van der Waals surface area contributed by atoms with Gasteiger partial charge in [-0.15, -0.1) is 28.2 Å². The summed E-state index contributed by atoms with van der Waals surface area (Å²) < 4.78 is 0. The average Bonchev–Trinajstić information content (AvgIpc) is 3.69. The molecule has 0 bridgehead atoms. The first-order valence-corrected chi connectivity index (χ1v) is 14.3. The summed E-state index contributed by atoms with van der Waals surface area (Å²) in [5.74, 6) is -1.85. The number of carboxylic acids is 1. The van der Waals surface area contributed by atoms with Crippen LogP contribution in [-0.4, -0.2) is 94.5 Å². The zero-order valence-corrected chi connectivity index (χ0v) is 22.0. The van der Waals surface area contributed by atoms with Gasteiger partial charge >= 0.3 is 5.97 Å². The number of aliphatic carboxylic acids is 1. The summed E-state index contributed by atoms with van der Waals surface area (Å²) in [5, 5.41) is 34.0. The monoisotopic (exact) mass is 579 g/mol. The van der Waals surface area contributed by atoms with Gasteiger partial charge in [-0.2, -0.15) is 0 Å². The van der Waals surface area contributed by atoms with Crippen LogP contribution in [0.2, 0.25) is 0 Å². The number of β-lactam (4-membered cyclic amide) rings is 1. The number of thiazole rings is 1. The van der Waals surface area contributed by atoms with Crippen molar-refractivity contribution >= 4 is 69.9 Å². The lowest BCUT2D eigenvalue weighted by Crippen LogP contribution is -2.71. The zero-order chi connectivity index (χ0) is 26.6. The summed E-state index contributed by atoms with van der Waals surface area (Å²) in [7, 11) is 0. The Kier molecular flexibility index (Phi) is 7.89. The molecule has 4 N–H and O–H groups in total. The Hall–Kier alpha value is -3.51. The number of aromatic nitrogens is 5. The molecular formula is C20H21N9O6S3. The van der Waals surface area contributed by atoms with Crippen molar-refractivity contribution in [2.24, 2.45) is 5.16 Å². The molecule has 1 saturated heterocycles. The van der Waals surface area contributed by atoms with Crippen molar-refractivity contribution in [1.82, 2.24) is 35.8 Å². The van der Waals surface area contributed by atoms with E-state index in [0.717, 1.165) is 37.0 Å². The molecule has 1 saturated carbocycles. The number of thioether (sulfide) groups is 2. The van der Waals surface area contributed by atoms with Gasteiger partial charge in [0.25, 0.3) is 11.8 Å². The molecule has 38 heavy (non-hydrogen) atoms. The first kappa shape index (κ1) is 26.1. The molecule has 4 heterocycles. The fourth-order valence-corrected chi connectivity index (χ4v) is 7.08. The number of carboxylic acid groups (broad SMARTS) is 1. The quantitative estimate of drug-likeness (QED) is 0.0940. The molecule has 15 nitrogen and oxygen atoms in total. The summed E-state index contributed by atoms with van der Waals surface area (Å²) in [5.41, 5.74) is 0.489. The van der Waals surface area contributed by atoms with E-state index in [4.69, 9.17) is 4.84 Å². The van der Waals surface area contributed by atoms with Crippen LogP contribution in [-0.2, 0) is 24.0 Å². The maximum absolute atomic E-state index is 13.3. The molecule has 0 aromatic carbocycles. The van der Waals surface area contributed by atoms with E-state index in [1.165, 1.54) is 28.4 Å². The number of H-pyrrole nitrogens is 1. The summed E-state index contributed by atoms with van der Waals surface area (Å²) in [6.07, 6.45) is 4.00. The Bertz CT molecular complexity index is 1290. The summed E-state index contributed by atoms with van der Waals surface area (Å²) in [6, 6.07) is -0.961. The van der Waals surface area contributed by atoms with Crippen molar-refractivity contribution in [2.45, 2.75) is 48.4 Å². The number of hydrogen-bond acceptors (Lipinski definition) is 13. The highest BCUT2D eigenvalue weighted by Crippen LogP contribution is 2.41. The summed E-state index contributed by atoms with van der Waals surface area (Å²) in [4.78, 5) is 60.2. The van der Waals surface area contributed by atoms with E-state index in [-0.39, 0.29) is 34.1 Å². The molecule has 2 aliphatic heterocycles. The minimum absolute atomic E-state index is 0.105. The van der Waals surface area contributed by atoms with E-state index in [0.29, 0.717) is 22.9 Å². The highest BCUT2D eigenvalue weighted by Gasteiger charge is 2.54. The summed E-state index contributed by atoms with van der Waals surface area (Å²) >= 11 is 3.67. The zero-order valence-electron chi connectivity index (χ0n) is 19.5. The topological polar surface area (TPSA) is 205 Å². The van der Waals surface area contributed by atoms with Crippen molar-refractivity contribution in [3.63, 3.8) is 0 Å². The van der Waals surface area contributed by atoms with Crippen LogP contribution in [0.3, 0.4) is 0 Å². The van der Waals surface area contributed by atoms with Gasteiger partial charge in [-0.05, 0) is 41.7 Å². The van der Waals surface area contributed by atoms with Gasteiger partial charge in [0, 0.05) is 16.9 Å². The van der Waals surface area contributed by atoms with Gasteiger partial charge in [0.1, 0.15) is 28.9 Å². The van der Waals surface area contributed by atoms with Crippen molar-refractivity contribution in [3.05, 3.63) is 22.3 Å². The maximum Gasteiger partial charge on any atom is 0.352 e. The van der Waals surface area contributed by atoms with E-state index in [1.54, 1.807) is 5.38 Å². The molecule has 1 unspecified atom stereocenters. The fourth-order valence-electron chi connectivity index (χ4n) is 4.20. The fraction of sp³-hybridized carbons (Fsp3) is 0.450. The predicted molar refractivity (Wildman–Crippen MR) is 136 cm³/mol. The van der Waals surface area contributed by atoms with Gasteiger partial charge < -0.3 is 20.6 Å². The maximum atomic E-state index is 13.3. The molecule has 2 atom stereocenters. The van der Waals surface area contributed by atoms with E-state index in [2.05, 4.69) is 41.4 Å². The number of anilines is 1. The molecule has 0 spiro atoms. The van der Waals surface area contributed by atoms with E-state index in [9.17, 15) is 24.3 Å². The van der Waals surface area contributed by atoms with E-state index >= 15 is 0 Å². The number of nitrogens with one attached hydrogen (secondary N) is 3. The third-order valence-corrected chi connectivity index (χ3v) is 9.04. The molecule has 2 aromatic heterocycles. The first-order valence-electron chi connectivity index (χ1n) is 11.4. The summed E-state index contributed by atoms with van der Waals surface area (Å²) in [6.45, 7) is 0. The van der Waals surface area contributed by atoms with Crippen LogP contribution in [0.25, 0.3) is 0 Å². The number of rotatable bonds is 11. The lowest BCUT2D eigenvalue weighted by atomic mass is 10.0. The minimum atomic E-state index is -1.23. The van der Waals surface area contributed by atoms with Crippen molar-refractivity contribution in [1.29, 1.82) is 0 Å². The molecule has 200 valence electrons. The Labute approximate surface area is 227 Å². The van der Waals surface area contributed by atoms with Crippen LogP contribution in [0.5, 0.6) is 0 Å². The van der Waals surface area contributed by atoms with Crippen LogP contribution >= 0.6 is 34.9 Å². The second-order valence-electron chi connectivity index (χ2n) is 8.37. The highest BCUT2D eigenvalue weighted by atomic mass is 32.2. The van der Waals surface area contributed by atoms with Crippen molar-refractivity contribution < 1.29 is 29.1 Å². The Morgan fingerprint density at radius 2 is 2.18 bits per heavy atom. The second kappa shape index (κ2) is 11.5. The number of hydrogen-bond donors (Lipinski definition) is 4. The minimum Gasteiger partial charge on any atom is -0.477 e. The third-order valence-electron chi connectivity index (χ3n) is 5.98. The van der Waals surface area contributed by atoms with Crippen molar-refractivity contribution in [3.8, 4) is 0 Å². The number of tetrazole rings is 1. The lowest BCUT2D eigenvalue weighted by molar-refractivity contribution is -0.150. The smallest absolute Gasteiger partial charge is 0.352 e. The normalized spacial score (nSPS) is 21.6. The number of nitrogens with zero attached hydrogens (tertiary/aromatic N) is 6. The molecule has 1 aliphatic carbocycles. The largest absolute Gasteiger partial charge is 0.477 e. The standard InChI is InChI=1S/C20H21N9O6S3/c30-8-21-19-22-11(7-38-19)12(26-35-10-3-1-2-4-10)15(31)23-13-16(32)29-14(18(33)34)9(5-36-17(13)29)6-37-20-24-27-28-25-20/h7-8,10,13,17H,1-6H2,(H,23,31)(H,33,34)(H,21,22,30)(H,24,25,27,28)/t13?,17-/m0/s1. The van der Waals surface area contributed by atoms with Gasteiger partial charge in [0.2, 0.25) is 11.6 Å². The average molecular weight is 580 g/mol. The number of aromatic amines is 1. The van der Waals surface area contributed by atoms with E-state index in [1.807, 2.05) is 0 Å². The SMILES string of the molecule is O=CNc1nc(C(=NOC2CCCC2)C(=O)NC2C(=O)N3C(C(=O)O)=C(CSc4nnn[nH]4)CS[C@@H]23)cs1. The number of amides is 3. The van der Waals surface area contributed by atoms with Crippen molar-refractivity contribution in [2.75, 3.05) is 16.8 Å². The highest BCUT2D eigenvalue weighted by molar-refractivity contribution is 8.01. The van der Waals surface area contributed by atoms with Gasteiger partial charge in [-0.1, -0.05) is 16.9 Å². The Balaban J connectivity index is 1.31. The molecule has 0 radical (unpaired) electrons. The molecule has 5 rings (SSSR count). The van der Waals surface area contributed by atoms with Crippen LogP contribution < -0.4 is 10.6 Å². The van der Waals surface area contributed by atoms with Crippen LogP contribution in [0.4, 0.5) is 5.13 Å². The Morgan fingerprint density at radius 1 is 1.37 bits per heavy atom. The number of carbonyl (C=O) groups is 4. The van der Waals surface area contributed by atoms with Crippen LogP contribution in [0.1, 0.15) is 31.4 Å².